The maximum absolute atomic E-state index is 8.00. The van der Waals surface area contributed by atoms with E-state index < -0.39 is 0 Å². The van der Waals surface area contributed by atoms with Crippen LogP contribution in [0.4, 0.5) is 0 Å². The molecule has 0 amide bonds. The molecule has 0 radical (unpaired) electrons. The summed E-state index contributed by atoms with van der Waals surface area (Å²) < 4.78 is 0. The van der Waals surface area contributed by atoms with E-state index in [2.05, 4.69) is 12.6 Å². The Kier molecular flexibility index (Phi) is 4.67. The van der Waals surface area contributed by atoms with Gasteiger partial charge in [0.25, 0.3) is 0 Å². The SMILES string of the molecule is C=O.Cc1ccccc1S. The van der Waals surface area contributed by atoms with Gasteiger partial charge in [0.1, 0.15) is 6.79 Å². The van der Waals surface area contributed by atoms with Gasteiger partial charge < -0.3 is 4.79 Å². The lowest BCUT2D eigenvalue weighted by Gasteiger charge is -1.92. The van der Waals surface area contributed by atoms with E-state index >= 15 is 0 Å². The first-order chi connectivity index (χ1) is 4.80. The van der Waals surface area contributed by atoms with Gasteiger partial charge in [0.05, 0.1) is 0 Å². The molecule has 2 heteroatoms. The molecule has 0 N–H and O–H groups in total. The third kappa shape index (κ3) is 2.69. The number of hydrogen-bond acceptors (Lipinski definition) is 2. The second-order valence-electron chi connectivity index (χ2n) is 1.79. The molecule has 1 rings (SSSR count). The summed E-state index contributed by atoms with van der Waals surface area (Å²) in [6.07, 6.45) is 0. The normalized spacial score (nSPS) is 7.80. The first kappa shape index (κ1) is 9.24. The standard InChI is InChI=1S/C7H8S.CH2O/c1-6-4-2-3-5-7(6)8;1-2/h2-5,8H,1H3;1H2. The molecule has 0 saturated carbocycles. The van der Waals surface area contributed by atoms with E-state index in [1.807, 2.05) is 38.0 Å². The zero-order valence-electron chi connectivity index (χ0n) is 5.87. The number of carbonyl (C=O) groups excluding carboxylic acids is 1. The second-order valence-corrected chi connectivity index (χ2v) is 2.27. The molecular weight excluding hydrogens is 144 g/mol. The minimum Gasteiger partial charge on any atom is -0.307 e. The van der Waals surface area contributed by atoms with Gasteiger partial charge in [0.2, 0.25) is 0 Å². The van der Waals surface area contributed by atoms with E-state index in [1.165, 1.54) is 5.56 Å². The Balaban J connectivity index is 0.000000371. The van der Waals surface area contributed by atoms with Crippen LogP contribution < -0.4 is 0 Å². The lowest BCUT2D eigenvalue weighted by molar-refractivity contribution is -0.0979. The van der Waals surface area contributed by atoms with E-state index in [9.17, 15) is 0 Å². The Hall–Kier alpha value is -0.760. The molecule has 0 saturated heterocycles. The van der Waals surface area contributed by atoms with Gasteiger partial charge in [0.15, 0.2) is 0 Å². The quantitative estimate of drug-likeness (QED) is 0.566. The van der Waals surface area contributed by atoms with Gasteiger partial charge in [-0.05, 0) is 18.6 Å². The summed E-state index contributed by atoms with van der Waals surface area (Å²) in [4.78, 5) is 9.06. The van der Waals surface area contributed by atoms with Crippen molar-refractivity contribution in [3.63, 3.8) is 0 Å². The summed E-state index contributed by atoms with van der Waals surface area (Å²) >= 11 is 4.20. The van der Waals surface area contributed by atoms with Crippen LogP contribution in [0.1, 0.15) is 5.56 Å². The van der Waals surface area contributed by atoms with Crippen molar-refractivity contribution in [3.05, 3.63) is 29.8 Å². The van der Waals surface area contributed by atoms with Gasteiger partial charge in [0, 0.05) is 4.90 Å². The van der Waals surface area contributed by atoms with Crippen molar-refractivity contribution in [3.8, 4) is 0 Å². The fourth-order valence-electron chi connectivity index (χ4n) is 0.563. The van der Waals surface area contributed by atoms with Crippen LogP contribution in [-0.2, 0) is 4.79 Å². The third-order valence-corrected chi connectivity index (χ3v) is 1.62. The molecule has 0 fully saturated rings. The van der Waals surface area contributed by atoms with E-state index in [0.29, 0.717) is 0 Å². The molecule has 10 heavy (non-hydrogen) atoms. The van der Waals surface area contributed by atoms with E-state index in [4.69, 9.17) is 4.79 Å². The monoisotopic (exact) mass is 154 g/mol. The number of thiol groups is 1. The van der Waals surface area contributed by atoms with Gasteiger partial charge in [-0.2, -0.15) is 0 Å². The maximum Gasteiger partial charge on any atom is 0.106 e. The lowest BCUT2D eigenvalue weighted by Crippen LogP contribution is -1.70. The molecule has 0 aromatic heterocycles. The average molecular weight is 154 g/mol. The number of benzene rings is 1. The van der Waals surface area contributed by atoms with Gasteiger partial charge in [-0.25, -0.2) is 0 Å². The molecule has 0 aliphatic heterocycles. The van der Waals surface area contributed by atoms with Crippen LogP contribution in [0.25, 0.3) is 0 Å². The molecule has 54 valence electrons. The first-order valence-corrected chi connectivity index (χ1v) is 3.29. The molecular formula is C8H10OS. The zero-order valence-corrected chi connectivity index (χ0v) is 6.77. The predicted molar refractivity (Wildman–Crippen MR) is 45.6 cm³/mol. The van der Waals surface area contributed by atoms with Crippen LogP contribution >= 0.6 is 12.6 Å². The highest BCUT2D eigenvalue weighted by atomic mass is 32.1. The van der Waals surface area contributed by atoms with Crippen molar-refractivity contribution in [2.24, 2.45) is 0 Å². The average Bonchev–Trinajstić information content (AvgIpc) is 2.00. The van der Waals surface area contributed by atoms with Crippen LogP contribution in [-0.4, -0.2) is 6.79 Å². The van der Waals surface area contributed by atoms with E-state index in [-0.39, 0.29) is 0 Å². The Bertz CT molecular complexity index is 177. The minimum absolute atomic E-state index is 1.06. The number of aryl methyl sites for hydroxylation is 1. The highest BCUT2D eigenvalue weighted by Gasteiger charge is 1.84. The van der Waals surface area contributed by atoms with Crippen molar-refractivity contribution in [1.82, 2.24) is 0 Å². The van der Waals surface area contributed by atoms with Gasteiger partial charge in [-0.3, -0.25) is 0 Å². The van der Waals surface area contributed by atoms with Gasteiger partial charge >= 0.3 is 0 Å². The topological polar surface area (TPSA) is 17.1 Å². The molecule has 0 unspecified atom stereocenters. The largest absolute Gasteiger partial charge is 0.307 e. The van der Waals surface area contributed by atoms with Crippen LogP contribution in [0.5, 0.6) is 0 Å². The number of hydrogen-bond donors (Lipinski definition) is 1. The predicted octanol–water partition coefficient (Wildman–Crippen LogP) is 2.10. The van der Waals surface area contributed by atoms with Crippen molar-refractivity contribution in [1.29, 1.82) is 0 Å². The highest BCUT2D eigenvalue weighted by molar-refractivity contribution is 7.80. The number of rotatable bonds is 0. The fourth-order valence-corrected chi connectivity index (χ4v) is 0.724. The van der Waals surface area contributed by atoms with Crippen LogP contribution in [0, 0.1) is 6.92 Å². The number of carbonyl (C=O) groups is 1. The summed E-state index contributed by atoms with van der Waals surface area (Å²) in [6, 6.07) is 8.02. The van der Waals surface area contributed by atoms with Gasteiger partial charge in [-0.1, -0.05) is 18.2 Å². The van der Waals surface area contributed by atoms with Crippen LogP contribution in [0.2, 0.25) is 0 Å². The van der Waals surface area contributed by atoms with Crippen molar-refractivity contribution in [2.45, 2.75) is 11.8 Å². The molecule has 0 aliphatic carbocycles. The maximum atomic E-state index is 8.00. The summed E-state index contributed by atoms with van der Waals surface area (Å²) in [5, 5.41) is 0. The molecule has 0 bridgehead atoms. The van der Waals surface area contributed by atoms with Gasteiger partial charge in [-0.15, -0.1) is 12.6 Å². The second kappa shape index (κ2) is 5.06. The molecule has 1 nitrogen and oxygen atoms in total. The molecule has 0 heterocycles. The third-order valence-electron chi connectivity index (χ3n) is 1.12. The lowest BCUT2D eigenvalue weighted by atomic mass is 10.2. The van der Waals surface area contributed by atoms with Crippen LogP contribution in [0.3, 0.4) is 0 Å². The minimum atomic E-state index is 1.06. The first-order valence-electron chi connectivity index (χ1n) is 2.84. The fraction of sp³-hybridized carbons (Fsp3) is 0.125. The zero-order chi connectivity index (χ0) is 7.98. The van der Waals surface area contributed by atoms with E-state index in [1.54, 1.807) is 0 Å². The molecule has 0 atom stereocenters. The van der Waals surface area contributed by atoms with Crippen molar-refractivity contribution in [2.75, 3.05) is 0 Å². The molecule has 0 spiro atoms. The van der Waals surface area contributed by atoms with Crippen molar-refractivity contribution < 1.29 is 4.79 Å². The Morgan fingerprint density at radius 3 is 2.10 bits per heavy atom. The summed E-state index contributed by atoms with van der Waals surface area (Å²) in [7, 11) is 0. The summed E-state index contributed by atoms with van der Waals surface area (Å²) in [5.41, 5.74) is 1.23. The highest BCUT2D eigenvalue weighted by Crippen LogP contribution is 2.09. The summed E-state index contributed by atoms with van der Waals surface area (Å²) in [5.74, 6) is 0. The summed E-state index contributed by atoms with van der Waals surface area (Å²) in [6.45, 7) is 4.04. The molecule has 1 aromatic carbocycles. The van der Waals surface area contributed by atoms with Crippen LogP contribution in [0.15, 0.2) is 29.2 Å². The molecule has 1 aromatic rings. The van der Waals surface area contributed by atoms with E-state index in [0.717, 1.165) is 4.90 Å². The Morgan fingerprint density at radius 1 is 1.30 bits per heavy atom. The Labute approximate surface area is 66.5 Å². The van der Waals surface area contributed by atoms with Crippen molar-refractivity contribution >= 4 is 19.4 Å². The smallest absolute Gasteiger partial charge is 0.106 e. The molecule has 0 aliphatic rings. The Morgan fingerprint density at radius 2 is 1.80 bits per heavy atom.